The van der Waals surface area contributed by atoms with Gasteiger partial charge in [0.2, 0.25) is 0 Å². The fourth-order valence-corrected chi connectivity index (χ4v) is 3.04. The minimum atomic E-state index is 0.562. The Morgan fingerprint density at radius 1 is 1.38 bits per heavy atom. The van der Waals surface area contributed by atoms with E-state index in [1.165, 1.54) is 18.5 Å². The van der Waals surface area contributed by atoms with Crippen LogP contribution in [0.2, 0.25) is 5.02 Å². The number of rotatable bonds is 5. The number of benzene rings is 1. The summed E-state index contributed by atoms with van der Waals surface area (Å²) in [5.41, 5.74) is 1.25. The van der Waals surface area contributed by atoms with Gasteiger partial charge in [0.15, 0.2) is 0 Å². The van der Waals surface area contributed by atoms with Crippen LogP contribution < -0.4 is 4.74 Å². The van der Waals surface area contributed by atoms with Crippen LogP contribution >= 0.6 is 11.6 Å². The van der Waals surface area contributed by atoms with Crippen LogP contribution in [0, 0.1) is 0 Å². The van der Waals surface area contributed by atoms with E-state index in [4.69, 9.17) is 16.3 Å². The molecule has 2 heterocycles. The van der Waals surface area contributed by atoms with Crippen molar-refractivity contribution < 1.29 is 4.74 Å². The second kappa shape index (κ2) is 6.96. The van der Waals surface area contributed by atoms with Gasteiger partial charge in [0.1, 0.15) is 12.4 Å². The summed E-state index contributed by atoms with van der Waals surface area (Å²) in [6.07, 6.45) is 4.28. The number of aromatic amines is 1. The molecule has 5 heteroatoms. The molecule has 0 radical (unpaired) electrons. The molecule has 4 nitrogen and oxygen atoms in total. The molecule has 0 saturated carbocycles. The first kappa shape index (κ1) is 14.4. The predicted molar refractivity (Wildman–Crippen MR) is 83.9 cm³/mol. The highest BCUT2D eigenvalue weighted by molar-refractivity contribution is 6.30. The number of halogens is 1. The van der Waals surface area contributed by atoms with Gasteiger partial charge >= 0.3 is 0 Å². The molecule has 2 aromatic rings. The number of nitrogens with one attached hydrogen (secondary N) is 1. The summed E-state index contributed by atoms with van der Waals surface area (Å²) in [5.74, 6) is 1.40. The van der Waals surface area contributed by atoms with E-state index in [1.807, 2.05) is 30.5 Å². The van der Waals surface area contributed by atoms with Crippen LogP contribution in [0.4, 0.5) is 0 Å². The third-order valence-electron chi connectivity index (χ3n) is 3.94. The molecular weight excluding hydrogens is 286 g/mol. The molecule has 1 aromatic carbocycles. The molecule has 21 heavy (non-hydrogen) atoms. The Balaban J connectivity index is 1.47. The molecule has 1 unspecified atom stereocenters. The standard InChI is InChI=1S/C16H20ClN3O/c17-14-4-1-5-15(11-14)21-10-9-20-8-2-3-13(12-20)16-6-7-18-19-16/h1,4-7,11,13H,2-3,8-10,12H2,(H,18,19). The molecule has 1 aliphatic heterocycles. The maximum absolute atomic E-state index is 5.95. The fourth-order valence-electron chi connectivity index (χ4n) is 2.86. The van der Waals surface area contributed by atoms with Gasteiger partial charge in [0, 0.05) is 35.9 Å². The Labute approximate surface area is 130 Å². The molecule has 0 spiro atoms. The van der Waals surface area contributed by atoms with Crippen LogP contribution in [0.15, 0.2) is 36.5 Å². The Morgan fingerprint density at radius 3 is 3.14 bits per heavy atom. The summed E-state index contributed by atoms with van der Waals surface area (Å²) >= 11 is 5.95. The zero-order valence-electron chi connectivity index (χ0n) is 12.0. The second-order valence-electron chi connectivity index (χ2n) is 5.46. The molecular formula is C16H20ClN3O. The van der Waals surface area contributed by atoms with Crippen molar-refractivity contribution in [1.29, 1.82) is 0 Å². The first-order valence-electron chi connectivity index (χ1n) is 7.41. The molecule has 1 aliphatic rings. The van der Waals surface area contributed by atoms with Crippen molar-refractivity contribution in [1.82, 2.24) is 15.1 Å². The molecule has 1 saturated heterocycles. The topological polar surface area (TPSA) is 41.1 Å². The summed E-state index contributed by atoms with van der Waals surface area (Å²) in [4.78, 5) is 2.46. The van der Waals surface area contributed by atoms with Crippen molar-refractivity contribution in [2.45, 2.75) is 18.8 Å². The molecule has 1 aromatic heterocycles. The van der Waals surface area contributed by atoms with Crippen LogP contribution in [0.1, 0.15) is 24.5 Å². The maximum Gasteiger partial charge on any atom is 0.120 e. The predicted octanol–water partition coefficient (Wildman–Crippen LogP) is 3.32. The molecule has 1 atom stereocenters. The highest BCUT2D eigenvalue weighted by atomic mass is 35.5. The average Bonchev–Trinajstić information content (AvgIpc) is 3.02. The van der Waals surface area contributed by atoms with E-state index in [0.29, 0.717) is 17.5 Å². The van der Waals surface area contributed by atoms with Crippen LogP contribution in [-0.2, 0) is 0 Å². The minimum absolute atomic E-state index is 0.562. The van der Waals surface area contributed by atoms with Gasteiger partial charge in [0.25, 0.3) is 0 Å². The monoisotopic (exact) mass is 305 g/mol. The number of ether oxygens (including phenoxy) is 1. The maximum atomic E-state index is 5.95. The SMILES string of the molecule is Clc1cccc(OCCN2CCCC(c3ccn[nH]3)C2)c1. The Bertz CT molecular complexity index is 558. The van der Waals surface area contributed by atoms with E-state index in [9.17, 15) is 0 Å². The summed E-state index contributed by atoms with van der Waals surface area (Å²) in [6.45, 7) is 3.85. The third-order valence-corrected chi connectivity index (χ3v) is 4.18. The molecule has 0 aliphatic carbocycles. The van der Waals surface area contributed by atoms with E-state index in [1.54, 1.807) is 0 Å². The fraction of sp³-hybridized carbons (Fsp3) is 0.438. The number of nitrogens with zero attached hydrogens (tertiary/aromatic N) is 2. The Morgan fingerprint density at radius 2 is 2.33 bits per heavy atom. The van der Waals surface area contributed by atoms with Crippen molar-refractivity contribution >= 4 is 11.6 Å². The number of likely N-dealkylation sites (tertiary alicyclic amines) is 1. The van der Waals surface area contributed by atoms with Gasteiger partial charge in [-0.15, -0.1) is 0 Å². The van der Waals surface area contributed by atoms with Crippen LogP contribution in [0.25, 0.3) is 0 Å². The number of hydrogen-bond acceptors (Lipinski definition) is 3. The van der Waals surface area contributed by atoms with Gasteiger partial charge in [-0.3, -0.25) is 10.00 Å². The van der Waals surface area contributed by atoms with Crippen molar-refractivity contribution in [3.63, 3.8) is 0 Å². The number of piperidine rings is 1. The lowest BCUT2D eigenvalue weighted by molar-refractivity contribution is 0.169. The van der Waals surface area contributed by atoms with E-state index in [0.717, 1.165) is 25.4 Å². The first-order chi connectivity index (χ1) is 10.3. The summed E-state index contributed by atoms with van der Waals surface area (Å²) in [5, 5.41) is 7.86. The number of aromatic nitrogens is 2. The van der Waals surface area contributed by atoms with Gasteiger partial charge in [0.05, 0.1) is 0 Å². The van der Waals surface area contributed by atoms with Crippen LogP contribution in [-0.4, -0.2) is 41.3 Å². The van der Waals surface area contributed by atoms with E-state index >= 15 is 0 Å². The lowest BCUT2D eigenvalue weighted by Gasteiger charge is -2.32. The van der Waals surface area contributed by atoms with Gasteiger partial charge in [-0.05, 0) is 43.7 Å². The van der Waals surface area contributed by atoms with E-state index in [2.05, 4.69) is 21.2 Å². The molecule has 3 rings (SSSR count). The minimum Gasteiger partial charge on any atom is -0.492 e. The van der Waals surface area contributed by atoms with Crippen LogP contribution in [0.5, 0.6) is 5.75 Å². The van der Waals surface area contributed by atoms with Gasteiger partial charge in [-0.2, -0.15) is 5.10 Å². The highest BCUT2D eigenvalue weighted by Crippen LogP contribution is 2.25. The van der Waals surface area contributed by atoms with Gasteiger partial charge in [-0.1, -0.05) is 17.7 Å². The Kier molecular flexibility index (Phi) is 4.78. The first-order valence-corrected chi connectivity index (χ1v) is 7.79. The Hall–Kier alpha value is -1.52. The van der Waals surface area contributed by atoms with E-state index in [-0.39, 0.29) is 0 Å². The zero-order valence-corrected chi connectivity index (χ0v) is 12.7. The van der Waals surface area contributed by atoms with E-state index < -0.39 is 0 Å². The number of hydrogen-bond donors (Lipinski definition) is 1. The normalized spacial score (nSPS) is 19.6. The van der Waals surface area contributed by atoms with Crippen LogP contribution in [0.3, 0.4) is 0 Å². The summed E-state index contributed by atoms with van der Waals surface area (Å²) in [6, 6.07) is 9.64. The van der Waals surface area contributed by atoms with Crippen molar-refractivity contribution in [3.8, 4) is 5.75 Å². The zero-order chi connectivity index (χ0) is 14.5. The quantitative estimate of drug-likeness (QED) is 0.921. The lowest BCUT2D eigenvalue weighted by atomic mass is 9.95. The third kappa shape index (κ3) is 3.99. The lowest BCUT2D eigenvalue weighted by Crippen LogP contribution is -2.37. The summed E-state index contributed by atoms with van der Waals surface area (Å²) in [7, 11) is 0. The van der Waals surface area contributed by atoms with Crippen molar-refractivity contribution in [2.24, 2.45) is 0 Å². The average molecular weight is 306 g/mol. The van der Waals surface area contributed by atoms with Gasteiger partial charge in [-0.25, -0.2) is 0 Å². The highest BCUT2D eigenvalue weighted by Gasteiger charge is 2.21. The van der Waals surface area contributed by atoms with Crippen molar-refractivity contribution in [3.05, 3.63) is 47.2 Å². The molecule has 0 bridgehead atoms. The molecule has 112 valence electrons. The summed E-state index contributed by atoms with van der Waals surface area (Å²) < 4.78 is 5.77. The smallest absolute Gasteiger partial charge is 0.120 e. The molecule has 1 fully saturated rings. The second-order valence-corrected chi connectivity index (χ2v) is 5.89. The molecule has 0 amide bonds. The van der Waals surface area contributed by atoms with Crippen molar-refractivity contribution in [2.75, 3.05) is 26.2 Å². The van der Waals surface area contributed by atoms with Gasteiger partial charge < -0.3 is 4.74 Å². The molecule has 1 N–H and O–H groups in total. The largest absolute Gasteiger partial charge is 0.492 e. The number of H-pyrrole nitrogens is 1.